The highest BCUT2D eigenvalue weighted by Gasteiger charge is 2.34. The molecule has 1 aliphatic rings. The van der Waals surface area contributed by atoms with Crippen LogP contribution in [0.4, 0.5) is 4.39 Å². The van der Waals surface area contributed by atoms with Crippen molar-refractivity contribution in [2.24, 2.45) is 11.7 Å². The van der Waals surface area contributed by atoms with E-state index >= 15 is 0 Å². The first-order valence-electron chi connectivity index (χ1n) is 6.95. The van der Waals surface area contributed by atoms with Gasteiger partial charge in [-0.3, -0.25) is 4.90 Å². The lowest BCUT2D eigenvalue weighted by atomic mass is 9.83. The Morgan fingerprint density at radius 3 is 2.79 bits per heavy atom. The van der Waals surface area contributed by atoms with Crippen molar-refractivity contribution < 1.29 is 4.39 Å². The van der Waals surface area contributed by atoms with Crippen molar-refractivity contribution in [1.29, 1.82) is 0 Å². The summed E-state index contributed by atoms with van der Waals surface area (Å²) in [7, 11) is 0. The van der Waals surface area contributed by atoms with Gasteiger partial charge >= 0.3 is 0 Å². The van der Waals surface area contributed by atoms with E-state index in [1.54, 1.807) is 6.07 Å². The largest absolute Gasteiger partial charge is 0.330 e. The summed E-state index contributed by atoms with van der Waals surface area (Å²) in [5.41, 5.74) is 6.70. The van der Waals surface area contributed by atoms with Gasteiger partial charge in [-0.15, -0.1) is 0 Å². The Morgan fingerprint density at radius 1 is 1.47 bits per heavy atom. The van der Waals surface area contributed by atoms with Gasteiger partial charge in [0.05, 0.1) is 0 Å². The molecule has 1 aliphatic heterocycles. The highest BCUT2D eigenvalue weighted by molar-refractivity contribution is 9.10. The van der Waals surface area contributed by atoms with Crippen LogP contribution in [-0.4, -0.2) is 24.0 Å². The quantitative estimate of drug-likeness (QED) is 0.916. The summed E-state index contributed by atoms with van der Waals surface area (Å²) >= 11 is 3.32. The van der Waals surface area contributed by atoms with Crippen molar-refractivity contribution in [3.05, 3.63) is 34.1 Å². The molecule has 1 fully saturated rings. The van der Waals surface area contributed by atoms with Gasteiger partial charge in [0.25, 0.3) is 0 Å². The lowest BCUT2D eigenvalue weighted by molar-refractivity contribution is 0.0642. The minimum atomic E-state index is -0.134. The predicted octanol–water partition coefficient (Wildman–Crippen LogP) is 3.71. The second-order valence-electron chi connectivity index (χ2n) is 5.58. The number of nitrogens with zero attached hydrogens (tertiary/aromatic N) is 1. The van der Waals surface area contributed by atoms with Crippen molar-refractivity contribution in [2.75, 3.05) is 13.1 Å². The number of likely N-dealkylation sites (tertiary alicyclic amines) is 1. The summed E-state index contributed by atoms with van der Waals surface area (Å²) in [6.07, 6.45) is 2.23. The zero-order valence-electron chi connectivity index (χ0n) is 11.6. The number of hydrogen-bond donors (Lipinski definition) is 1. The van der Waals surface area contributed by atoms with Crippen LogP contribution in [0.3, 0.4) is 0 Å². The summed E-state index contributed by atoms with van der Waals surface area (Å²) in [4.78, 5) is 2.38. The van der Waals surface area contributed by atoms with E-state index in [9.17, 15) is 4.39 Å². The Morgan fingerprint density at radius 2 is 2.21 bits per heavy atom. The molecule has 2 nitrogen and oxygen atoms in total. The van der Waals surface area contributed by atoms with Crippen LogP contribution < -0.4 is 5.73 Å². The Balaban J connectivity index is 2.39. The molecule has 1 aromatic rings. The van der Waals surface area contributed by atoms with Crippen LogP contribution in [0.5, 0.6) is 0 Å². The van der Waals surface area contributed by atoms with E-state index in [1.807, 2.05) is 12.1 Å². The third-order valence-corrected chi connectivity index (χ3v) is 4.54. The molecule has 4 heteroatoms. The Kier molecular flexibility index (Phi) is 4.98. The lowest BCUT2D eigenvalue weighted by Gasteiger charge is -2.43. The van der Waals surface area contributed by atoms with Gasteiger partial charge in [-0.05, 0) is 57.8 Å². The Bertz CT molecular complexity index is 436. The highest BCUT2D eigenvalue weighted by atomic mass is 79.9. The van der Waals surface area contributed by atoms with E-state index in [1.165, 1.54) is 0 Å². The minimum absolute atomic E-state index is 0.104. The van der Waals surface area contributed by atoms with Gasteiger partial charge in [0.1, 0.15) is 5.82 Å². The van der Waals surface area contributed by atoms with Crippen LogP contribution in [0, 0.1) is 11.7 Å². The summed E-state index contributed by atoms with van der Waals surface area (Å²) in [6, 6.07) is 5.87. The molecule has 0 aromatic heterocycles. The van der Waals surface area contributed by atoms with E-state index in [0.29, 0.717) is 18.5 Å². The van der Waals surface area contributed by atoms with Crippen LogP contribution in [-0.2, 0) is 0 Å². The molecule has 0 spiro atoms. The summed E-state index contributed by atoms with van der Waals surface area (Å²) < 4.78 is 15.1. The van der Waals surface area contributed by atoms with Gasteiger partial charge in [-0.2, -0.15) is 0 Å². The molecule has 0 saturated carbocycles. The molecular weight excluding hydrogens is 307 g/mol. The average Bonchev–Trinajstić information content (AvgIpc) is 2.38. The Hall–Kier alpha value is -0.450. The summed E-state index contributed by atoms with van der Waals surface area (Å²) in [6.45, 7) is 5.98. The zero-order valence-corrected chi connectivity index (χ0v) is 13.2. The number of benzene rings is 1. The molecule has 2 unspecified atom stereocenters. The molecule has 0 radical (unpaired) electrons. The number of nitrogens with two attached hydrogens (primary N) is 1. The third-order valence-electron chi connectivity index (χ3n) is 4.04. The van der Waals surface area contributed by atoms with Crippen LogP contribution in [0.25, 0.3) is 0 Å². The van der Waals surface area contributed by atoms with Crippen molar-refractivity contribution in [3.8, 4) is 0 Å². The molecule has 106 valence electrons. The van der Waals surface area contributed by atoms with Gasteiger partial charge in [0.15, 0.2) is 0 Å². The van der Waals surface area contributed by atoms with E-state index in [2.05, 4.69) is 34.7 Å². The predicted molar refractivity (Wildman–Crippen MR) is 80.5 cm³/mol. The van der Waals surface area contributed by atoms with Crippen LogP contribution >= 0.6 is 15.9 Å². The second-order valence-corrected chi connectivity index (χ2v) is 6.50. The maximum Gasteiger partial charge on any atom is 0.129 e. The van der Waals surface area contributed by atoms with Crippen molar-refractivity contribution in [3.63, 3.8) is 0 Å². The molecule has 2 N–H and O–H groups in total. The monoisotopic (exact) mass is 328 g/mol. The number of halogens is 2. The van der Waals surface area contributed by atoms with Gasteiger partial charge in [0.2, 0.25) is 0 Å². The van der Waals surface area contributed by atoms with Gasteiger partial charge in [-0.1, -0.05) is 22.0 Å². The van der Waals surface area contributed by atoms with Gasteiger partial charge in [0, 0.05) is 22.1 Å². The number of piperidine rings is 1. The van der Waals surface area contributed by atoms with E-state index in [4.69, 9.17) is 5.73 Å². The maximum absolute atomic E-state index is 14.3. The maximum atomic E-state index is 14.3. The molecular formula is C15H22BrFN2. The molecule has 0 aliphatic carbocycles. The standard InChI is InChI=1S/C15H22BrFN2/c1-10(2)19-7-3-4-11(9-18)15(19)13-6-5-12(16)8-14(13)17/h5-6,8,10-11,15H,3-4,7,9,18H2,1-2H3. The number of rotatable bonds is 3. The first kappa shape index (κ1) is 14.9. The molecule has 0 bridgehead atoms. The molecule has 19 heavy (non-hydrogen) atoms. The fourth-order valence-electron chi connectivity index (χ4n) is 3.10. The van der Waals surface area contributed by atoms with Crippen LogP contribution in [0.1, 0.15) is 38.3 Å². The normalized spacial score (nSPS) is 24.9. The van der Waals surface area contributed by atoms with Gasteiger partial charge < -0.3 is 5.73 Å². The van der Waals surface area contributed by atoms with E-state index in [0.717, 1.165) is 29.4 Å². The molecule has 2 rings (SSSR count). The SMILES string of the molecule is CC(C)N1CCCC(CN)C1c1ccc(Br)cc1F. The van der Waals surface area contributed by atoms with Crippen LogP contribution in [0.2, 0.25) is 0 Å². The first-order valence-corrected chi connectivity index (χ1v) is 7.74. The topological polar surface area (TPSA) is 29.3 Å². The third kappa shape index (κ3) is 3.18. The molecule has 2 atom stereocenters. The smallest absolute Gasteiger partial charge is 0.129 e. The Labute approximate surface area is 123 Å². The molecule has 1 aromatic carbocycles. The number of hydrogen-bond acceptors (Lipinski definition) is 2. The fourth-order valence-corrected chi connectivity index (χ4v) is 3.44. The van der Waals surface area contributed by atoms with E-state index in [-0.39, 0.29) is 11.9 Å². The fraction of sp³-hybridized carbons (Fsp3) is 0.600. The van der Waals surface area contributed by atoms with Gasteiger partial charge in [-0.25, -0.2) is 4.39 Å². The average molecular weight is 329 g/mol. The summed E-state index contributed by atoms with van der Waals surface area (Å²) in [5, 5.41) is 0. The minimum Gasteiger partial charge on any atom is -0.330 e. The molecule has 1 saturated heterocycles. The zero-order chi connectivity index (χ0) is 14.0. The highest BCUT2D eigenvalue weighted by Crippen LogP contribution is 2.38. The first-order chi connectivity index (χ1) is 9.04. The van der Waals surface area contributed by atoms with Crippen molar-refractivity contribution >= 4 is 15.9 Å². The molecule has 0 amide bonds. The lowest BCUT2D eigenvalue weighted by Crippen LogP contribution is -2.45. The molecule has 1 heterocycles. The van der Waals surface area contributed by atoms with E-state index < -0.39 is 0 Å². The summed E-state index contributed by atoms with van der Waals surface area (Å²) in [5.74, 6) is 0.206. The van der Waals surface area contributed by atoms with Crippen molar-refractivity contribution in [2.45, 2.75) is 38.8 Å². The second kappa shape index (κ2) is 6.33. The van der Waals surface area contributed by atoms with Crippen molar-refractivity contribution in [1.82, 2.24) is 4.90 Å². The van der Waals surface area contributed by atoms with Crippen LogP contribution in [0.15, 0.2) is 22.7 Å².